The van der Waals surface area contributed by atoms with Gasteiger partial charge in [0.25, 0.3) is 5.91 Å². The third-order valence-corrected chi connectivity index (χ3v) is 4.69. The highest BCUT2D eigenvalue weighted by atomic mass is 16.6. The van der Waals surface area contributed by atoms with Gasteiger partial charge in [0.15, 0.2) is 5.65 Å². The van der Waals surface area contributed by atoms with Crippen LogP contribution in [0.1, 0.15) is 24.3 Å². The molecule has 0 saturated heterocycles. The average molecular weight is 399 g/mol. The highest BCUT2D eigenvalue weighted by Crippen LogP contribution is 2.42. The second kappa shape index (κ2) is 8.64. The maximum atomic E-state index is 12.9. The maximum absolute atomic E-state index is 12.9. The fraction of sp³-hybridized carbons (Fsp3) is 0.174. The van der Waals surface area contributed by atoms with Crippen LogP contribution in [0.4, 0.5) is 5.82 Å². The Morgan fingerprint density at radius 1 is 1.43 bits per heavy atom. The number of nitrogens with zero attached hydrogens (tertiary/aromatic N) is 3. The molecule has 30 heavy (non-hydrogen) atoms. The predicted molar refractivity (Wildman–Crippen MR) is 114 cm³/mol. The number of anilines is 1. The lowest BCUT2D eigenvalue weighted by Crippen LogP contribution is -2.17. The quantitative estimate of drug-likeness (QED) is 0.344. The van der Waals surface area contributed by atoms with Crippen molar-refractivity contribution in [1.82, 2.24) is 20.1 Å². The zero-order valence-corrected chi connectivity index (χ0v) is 16.6. The van der Waals surface area contributed by atoms with Crippen molar-refractivity contribution in [2.75, 3.05) is 12.4 Å². The Kier molecular flexibility index (Phi) is 5.59. The summed E-state index contributed by atoms with van der Waals surface area (Å²) in [5.41, 5.74) is 6.30. The fourth-order valence-electron chi connectivity index (χ4n) is 3.11. The van der Waals surface area contributed by atoms with Crippen LogP contribution in [0.5, 0.6) is 0 Å². The summed E-state index contributed by atoms with van der Waals surface area (Å²) in [6.45, 7) is 3.67. The van der Waals surface area contributed by atoms with Gasteiger partial charge in [-0.3, -0.25) is 15.1 Å². The van der Waals surface area contributed by atoms with Crippen LogP contribution in [0.25, 0.3) is 16.9 Å². The molecule has 7 heteroatoms. The second-order valence-electron chi connectivity index (χ2n) is 6.81. The molecule has 1 saturated carbocycles. The Morgan fingerprint density at radius 3 is 3.00 bits per heavy atom. The molecule has 4 rings (SSSR count). The van der Waals surface area contributed by atoms with Gasteiger partial charge in [-0.25, -0.2) is 4.98 Å². The van der Waals surface area contributed by atoms with Gasteiger partial charge in [0.2, 0.25) is 0 Å². The van der Waals surface area contributed by atoms with Gasteiger partial charge in [-0.05, 0) is 43.0 Å². The maximum Gasteiger partial charge on any atom is 0.256 e. The molecule has 1 aromatic carbocycles. The molecule has 0 radical (unpaired) electrons. The number of carbonyl (C=O) groups is 1. The molecule has 1 fully saturated rings. The van der Waals surface area contributed by atoms with Crippen LogP contribution in [0.15, 0.2) is 67.0 Å². The van der Waals surface area contributed by atoms with Crippen LogP contribution in [0, 0.1) is 12.1 Å². The Labute approximate surface area is 174 Å². The lowest BCUT2D eigenvalue weighted by atomic mass is 10.1. The molecule has 0 bridgehead atoms. The first-order valence-electron chi connectivity index (χ1n) is 9.58. The van der Waals surface area contributed by atoms with Crippen molar-refractivity contribution in [2.24, 2.45) is 0 Å². The summed E-state index contributed by atoms with van der Waals surface area (Å²) in [4.78, 5) is 22.5. The summed E-state index contributed by atoms with van der Waals surface area (Å²) in [6.07, 6.45) is 10.4. The highest BCUT2D eigenvalue weighted by molar-refractivity contribution is 6.05. The monoisotopic (exact) mass is 399 g/mol. The Balaban J connectivity index is 1.74. The first-order valence-corrected chi connectivity index (χ1v) is 9.58. The smallest absolute Gasteiger partial charge is 0.256 e. The highest BCUT2D eigenvalue weighted by Gasteiger charge is 2.28. The lowest BCUT2D eigenvalue weighted by molar-refractivity contribution is -0.112. The minimum atomic E-state index is -0.311. The topological polar surface area (TPSA) is 80.5 Å². The molecule has 0 aliphatic heterocycles. The van der Waals surface area contributed by atoms with Crippen molar-refractivity contribution < 1.29 is 9.63 Å². The molecule has 0 atom stereocenters. The summed E-state index contributed by atoms with van der Waals surface area (Å²) in [7, 11) is 1.49. The van der Waals surface area contributed by atoms with E-state index in [1.807, 2.05) is 18.3 Å². The Morgan fingerprint density at radius 2 is 2.30 bits per heavy atom. The van der Waals surface area contributed by atoms with E-state index in [-0.39, 0.29) is 5.91 Å². The number of hydrogen-bond acceptors (Lipinski definition) is 5. The number of hydroxylamine groups is 1. The summed E-state index contributed by atoms with van der Waals surface area (Å²) in [5.74, 6) is 0.682. The normalized spacial score (nSPS) is 14.0. The van der Waals surface area contributed by atoms with Crippen molar-refractivity contribution in [3.63, 3.8) is 0 Å². The second-order valence-corrected chi connectivity index (χ2v) is 6.81. The molecule has 150 valence electrons. The van der Waals surface area contributed by atoms with Gasteiger partial charge >= 0.3 is 0 Å². The van der Waals surface area contributed by atoms with E-state index in [9.17, 15) is 4.79 Å². The molecule has 2 aromatic heterocycles. The van der Waals surface area contributed by atoms with Gasteiger partial charge in [0, 0.05) is 23.4 Å². The van der Waals surface area contributed by atoms with Crippen LogP contribution in [0.2, 0.25) is 0 Å². The molecule has 3 aromatic rings. The summed E-state index contributed by atoms with van der Waals surface area (Å²) in [6, 6.07) is 13.4. The first-order chi connectivity index (χ1) is 14.7. The number of carbonyl (C=O) groups excluding carboxylic acids is 1. The Bertz CT molecular complexity index is 1130. The largest absolute Gasteiger partial charge is 0.306 e. The number of rotatable bonds is 8. The molecule has 7 nitrogen and oxygen atoms in total. The van der Waals surface area contributed by atoms with Gasteiger partial charge in [-0.15, -0.1) is 0 Å². The van der Waals surface area contributed by atoms with Crippen LogP contribution in [-0.2, 0) is 9.63 Å². The zero-order valence-electron chi connectivity index (χ0n) is 16.6. The SMILES string of the molecule is C=C/C=C(\C=C/NOC)C(=O)Nc1cc(-c2c#cccc2)nc2c(C3CC3)cnn12. The van der Waals surface area contributed by atoms with E-state index in [1.165, 1.54) is 13.3 Å². The minimum absolute atomic E-state index is 0.311. The van der Waals surface area contributed by atoms with E-state index in [0.717, 1.165) is 29.6 Å². The molecule has 1 aliphatic carbocycles. The standard InChI is InChI=1S/C23H21N5O2/c1-3-7-18(12-13-25-30-2)23(29)27-21-14-20(17-8-5-4-6-9-17)26-22-19(16-10-11-16)15-24-28(21)22/h3-5,7-8,12-16,25H,1,10-11H2,2H3,(H,27,29)/b13-12-,18-7+. The van der Waals surface area contributed by atoms with Crippen molar-refractivity contribution in [1.29, 1.82) is 0 Å². The zero-order chi connectivity index (χ0) is 20.9. The third-order valence-electron chi connectivity index (χ3n) is 4.69. The number of amides is 1. The van der Waals surface area contributed by atoms with Gasteiger partial charge < -0.3 is 5.32 Å². The minimum Gasteiger partial charge on any atom is -0.306 e. The molecule has 0 unspecified atom stereocenters. The molecule has 1 aliphatic rings. The van der Waals surface area contributed by atoms with Crippen molar-refractivity contribution >= 4 is 17.4 Å². The summed E-state index contributed by atoms with van der Waals surface area (Å²) in [5, 5.41) is 7.42. The fourth-order valence-corrected chi connectivity index (χ4v) is 3.11. The van der Waals surface area contributed by atoms with E-state index in [4.69, 9.17) is 9.82 Å². The molecular formula is C23H21N5O2. The van der Waals surface area contributed by atoms with Crippen molar-refractivity contribution in [2.45, 2.75) is 18.8 Å². The van der Waals surface area contributed by atoms with Crippen LogP contribution < -0.4 is 10.8 Å². The number of nitrogens with one attached hydrogen (secondary N) is 2. The predicted octanol–water partition coefficient (Wildman–Crippen LogP) is 3.59. The van der Waals surface area contributed by atoms with Gasteiger partial charge in [-0.1, -0.05) is 30.9 Å². The number of allylic oxidation sites excluding steroid dienone is 2. The first kappa shape index (κ1) is 19.4. The molecule has 1 amide bonds. The number of fused-ring (bicyclic) bond motifs is 1. The van der Waals surface area contributed by atoms with Crippen LogP contribution in [0.3, 0.4) is 0 Å². The summed E-state index contributed by atoms with van der Waals surface area (Å²) >= 11 is 0. The molecule has 2 heterocycles. The third kappa shape index (κ3) is 4.09. The van der Waals surface area contributed by atoms with Gasteiger partial charge in [0.05, 0.1) is 24.6 Å². The van der Waals surface area contributed by atoms with E-state index in [1.54, 1.807) is 34.9 Å². The van der Waals surface area contributed by atoms with Crippen molar-refractivity contribution in [3.05, 3.63) is 84.7 Å². The average Bonchev–Trinajstić information content (AvgIpc) is 3.52. The van der Waals surface area contributed by atoms with E-state index in [2.05, 4.69) is 34.6 Å². The summed E-state index contributed by atoms with van der Waals surface area (Å²) < 4.78 is 1.67. The van der Waals surface area contributed by atoms with Gasteiger partial charge in [-0.2, -0.15) is 9.61 Å². The van der Waals surface area contributed by atoms with Crippen molar-refractivity contribution in [3.8, 4) is 11.3 Å². The molecule has 0 spiro atoms. The van der Waals surface area contributed by atoms with Crippen LogP contribution in [-0.4, -0.2) is 27.6 Å². The van der Waals surface area contributed by atoms with Crippen LogP contribution >= 0.6 is 0 Å². The number of aromatic nitrogens is 3. The molecular weight excluding hydrogens is 378 g/mol. The molecule has 2 N–H and O–H groups in total. The van der Waals surface area contributed by atoms with E-state index in [0.29, 0.717) is 23.0 Å². The number of hydrogen-bond donors (Lipinski definition) is 2. The van der Waals surface area contributed by atoms with E-state index < -0.39 is 0 Å². The lowest BCUT2D eigenvalue weighted by Gasteiger charge is -2.10. The van der Waals surface area contributed by atoms with Gasteiger partial charge in [0.1, 0.15) is 5.82 Å². The Hall–Kier alpha value is -3.89. The van der Waals surface area contributed by atoms with E-state index >= 15 is 0 Å².